The highest BCUT2D eigenvalue weighted by Gasteiger charge is 2.50. The van der Waals surface area contributed by atoms with Crippen molar-refractivity contribution in [3.8, 4) is 5.75 Å². The Kier molecular flexibility index (Phi) is 6.47. The number of nitrogens with two attached hydrogens (primary N) is 2. The summed E-state index contributed by atoms with van der Waals surface area (Å²) in [6, 6.07) is 5.89. The smallest absolute Gasteiger partial charge is 0.144 e. The molecule has 0 saturated carbocycles. The summed E-state index contributed by atoms with van der Waals surface area (Å²) >= 11 is 0. The summed E-state index contributed by atoms with van der Waals surface area (Å²) in [6.07, 6.45) is 4.83. The summed E-state index contributed by atoms with van der Waals surface area (Å²) in [6.45, 7) is 11.7. The van der Waals surface area contributed by atoms with E-state index in [1.807, 2.05) is 12.1 Å². The van der Waals surface area contributed by atoms with Gasteiger partial charge in [-0.1, -0.05) is 0 Å². The standard InChI is InChI=1S/C17H25N5O.C2H4/c1-21-10-17(11-21)12-22(13-17)15-4-3-14(19)9-16(15)23-8-7-20-6-2-5-18;1-2/h2-6,9H,7-8,10-13,18-19H2,1H3;1-2H2/b5-2-,20-6?;. The van der Waals surface area contributed by atoms with Gasteiger partial charge >= 0.3 is 0 Å². The van der Waals surface area contributed by atoms with E-state index in [0.29, 0.717) is 18.6 Å². The number of hydrogen-bond acceptors (Lipinski definition) is 6. The number of hydrogen-bond donors (Lipinski definition) is 2. The first-order chi connectivity index (χ1) is 12.1. The van der Waals surface area contributed by atoms with E-state index >= 15 is 0 Å². The van der Waals surface area contributed by atoms with Crippen molar-refractivity contribution in [3.63, 3.8) is 0 Å². The van der Waals surface area contributed by atoms with Crippen molar-refractivity contribution < 1.29 is 4.74 Å². The zero-order chi connectivity index (χ0) is 18.3. The van der Waals surface area contributed by atoms with Crippen LogP contribution in [0.1, 0.15) is 0 Å². The molecule has 0 bridgehead atoms. The average Bonchev–Trinajstić information content (AvgIpc) is 2.55. The number of nitrogens with zero attached hydrogens (tertiary/aromatic N) is 3. The maximum absolute atomic E-state index is 5.91. The predicted molar refractivity (Wildman–Crippen MR) is 106 cm³/mol. The molecule has 2 heterocycles. The Morgan fingerprint density at radius 3 is 2.64 bits per heavy atom. The van der Waals surface area contributed by atoms with Crippen LogP contribution in [0.2, 0.25) is 0 Å². The van der Waals surface area contributed by atoms with E-state index in [0.717, 1.165) is 30.2 Å². The average molecular weight is 343 g/mol. The Labute approximate surface area is 150 Å². The van der Waals surface area contributed by atoms with E-state index in [2.05, 4.69) is 41.1 Å². The Hall–Kier alpha value is -2.47. The molecule has 2 aliphatic rings. The summed E-state index contributed by atoms with van der Waals surface area (Å²) in [5.74, 6) is 0.845. The molecular formula is C19H29N5O. The number of ether oxygens (including phenoxy) is 1. The predicted octanol–water partition coefficient (Wildman–Crippen LogP) is 1.74. The number of anilines is 2. The molecule has 2 fully saturated rings. The number of nitrogen functional groups attached to an aromatic ring is 1. The van der Waals surface area contributed by atoms with Crippen molar-refractivity contribution in [1.82, 2.24) is 4.90 Å². The van der Waals surface area contributed by atoms with Crippen molar-refractivity contribution in [2.45, 2.75) is 0 Å². The number of aliphatic imine (C=N–C) groups is 1. The third-order valence-corrected chi connectivity index (χ3v) is 4.37. The van der Waals surface area contributed by atoms with Crippen LogP contribution in [0.15, 0.2) is 48.6 Å². The Balaban J connectivity index is 0.00000109. The second kappa shape index (κ2) is 8.58. The number of likely N-dealkylation sites (tertiary alicyclic amines) is 1. The van der Waals surface area contributed by atoms with Gasteiger partial charge in [-0.15, -0.1) is 13.2 Å². The Bertz CT molecular complexity index is 614. The second-order valence-corrected chi connectivity index (χ2v) is 6.54. The lowest BCUT2D eigenvalue weighted by molar-refractivity contribution is -0.00262. The largest absolute Gasteiger partial charge is 0.489 e. The fourth-order valence-corrected chi connectivity index (χ4v) is 3.53. The van der Waals surface area contributed by atoms with E-state index in [9.17, 15) is 0 Å². The molecule has 0 amide bonds. The van der Waals surface area contributed by atoms with Gasteiger partial charge in [0.25, 0.3) is 0 Å². The summed E-state index contributed by atoms with van der Waals surface area (Å²) in [5, 5.41) is 0. The molecule has 0 aromatic heterocycles. The van der Waals surface area contributed by atoms with E-state index < -0.39 is 0 Å². The van der Waals surface area contributed by atoms with Gasteiger partial charge in [0.1, 0.15) is 12.4 Å². The van der Waals surface area contributed by atoms with E-state index in [1.54, 1.807) is 12.3 Å². The molecule has 3 rings (SSSR count). The van der Waals surface area contributed by atoms with E-state index in [4.69, 9.17) is 16.2 Å². The van der Waals surface area contributed by atoms with Crippen molar-refractivity contribution in [2.75, 3.05) is 57.0 Å². The molecule has 2 aliphatic heterocycles. The molecule has 0 radical (unpaired) electrons. The second-order valence-electron chi connectivity index (χ2n) is 6.54. The van der Waals surface area contributed by atoms with E-state index in [-0.39, 0.29) is 0 Å². The third kappa shape index (κ3) is 4.54. The molecule has 136 valence electrons. The fourth-order valence-electron chi connectivity index (χ4n) is 3.53. The topological polar surface area (TPSA) is 80.1 Å². The van der Waals surface area contributed by atoms with Crippen molar-refractivity contribution in [1.29, 1.82) is 0 Å². The SMILES string of the molecule is C=C.CN1CC2(C1)CN(c1ccc(N)cc1OCCN=C/C=C\N)C2. The molecule has 4 N–H and O–H groups in total. The van der Waals surface area contributed by atoms with Gasteiger partial charge in [-0.25, -0.2) is 0 Å². The zero-order valence-electron chi connectivity index (χ0n) is 15.0. The number of benzene rings is 1. The van der Waals surface area contributed by atoms with Crippen LogP contribution in [-0.4, -0.2) is 57.5 Å². The molecule has 1 aromatic rings. The lowest BCUT2D eigenvalue weighted by Crippen LogP contribution is -2.71. The van der Waals surface area contributed by atoms with Crippen LogP contribution in [0.3, 0.4) is 0 Å². The van der Waals surface area contributed by atoms with Crippen LogP contribution < -0.4 is 21.1 Å². The molecule has 2 saturated heterocycles. The van der Waals surface area contributed by atoms with Crippen molar-refractivity contribution >= 4 is 17.6 Å². The summed E-state index contributed by atoms with van der Waals surface area (Å²) < 4.78 is 5.89. The lowest BCUT2D eigenvalue weighted by Gasteiger charge is -2.60. The fraction of sp³-hybridized carbons (Fsp3) is 0.421. The first-order valence-electron chi connectivity index (χ1n) is 8.44. The monoisotopic (exact) mass is 343 g/mol. The van der Waals surface area contributed by atoms with Gasteiger partial charge in [-0.3, -0.25) is 4.99 Å². The molecule has 1 spiro atoms. The third-order valence-electron chi connectivity index (χ3n) is 4.37. The molecule has 0 unspecified atom stereocenters. The van der Waals surface area contributed by atoms with Crippen LogP contribution in [0.25, 0.3) is 0 Å². The molecule has 0 atom stereocenters. The minimum Gasteiger partial charge on any atom is -0.489 e. The highest BCUT2D eigenvalue weighted by atomic mass is 16.5. The number of rotatable bonds is 6. The minimum atomic E-state index is 0.492. The minimum absolute atomic E-state index is 0.492. The summed E-state index contributed by atoms with van der Waals surface area (Å²) in [7, 11) is 2.17. The van der Waals surface area contributed by atoms with Crippen LogP contribution in [0, 0.1) is 5.41 Å². The van der Waals surface area contributed by atoms with Gasteiger partial charge in [0, 0.05) is 49.6 Å². The van der Waals surface area contributed by atoms with Gasteiger partial charge in [-0.05, 0) is 31.5 Å². The van der Waals surface area contributed by atoms with Crippen molar-refractivity contribution in [2.24, 2.45) is 16.1 Å². The van der Waals surface area contributed by atoms with Crippen LogP contribution in [0.5, 0.6) is 5.75 Å². The Morgan fingerprint density at radius 1 is 1.28 bits per heavy atom. The van der Waals surface area contributed by atoms with Gasteiger partial charge in [0.15, 0.2) is 0 Å². The van der Waals surface area contributed by atoms with Crippen LogP contribution in [-0.2, 0) is 0 Å². The molecular weight excluding hydrogens is 314 g/mol. The van der Waals surface area contributed by atoms with Gasteiger partial charge < -0.3 is 26.0 Å². The maximum atomic E-state index is 5.91. The van der Waals surface area contributed by atoms with Crippen LogP contribution >= 0.6 is 0 Å². The Morgan fingerprint density at radius 2 is 2.00 bits per heavy atom. The van der Waals surface area contributed by atoms with Gasteiger partial charge in [0.2, 0.25) is 0 Å². The first-order valence-corrected chi connectivity index (χ1v) is 8.44. The van der Waals surface area contributed by atoms with Gasteiger partial charge in [0.05, 0.1) is 12.2 Å². The first kappa shape index (κ1) is 18.9. The van der Waals surface area contributed by atoms with Gasteiger partial charge in [-0.2, -0.15) is 0 Å². The van der Waals surface area contributed by atoms with Crippen molar-refractivity contribution in [3.05, 3.63) is 43.6 Å². The number of allylic oxidation sites excluding steroid dienone is 1. The lowest BCUT2D eigenvalue weighted by atomic mass is 9.73. The quantitative estimate of drug-likeness (QED) is 0.356. The maximum Gasteiger partial charge on any atom is 0.144 e. The van der Waals surface area contributed by atoms with Crippen LogP contribution in [0.4, 0.5) is 11.4 Å². The normalized spacial score (nSPS) is 18.7. The summed E-state index contributed by atoms with van der Waals surface area (Å²) in [5.41, 5.74) is 13.5. The molecule has 6 heteroatoms. The highest BCUT2D eigenvalue weighted by molar-refractivity contribution is 5.70. The zero-order valence-corrected chi connectivity index (χ0v) is 15.0. The molecule has 0 aliphatic carbocycles. The molecule has 25 heavy (non-hydrogen) atoms. The molecule has 6 nitrogen and oxygen atoms in total. The molecule has 1 aromatic carbocycles. The summed E-state index contributed by atoms with van der Waals surface area (Å²) in [4.78, 5) is 8.94. The highest BCUT2D eigenvalue weighted by Crippen LogP contribution is 2.44. The van der Waals surface area contributed by atoms with E-state index in [1.165, 1.54) is 19.3 Å².